The molecule has 1 aliphatic carbocycles. The molecule has 0 N–H and O–H groups in total. The molecule has 1 saturated carbocycles. The zero-order chi connectivity index (χ0) is 4.24. The SMILES string of the molecule is C1CCCCC1.[Ca]. The van der Waals surface area contributed by atoms with Gasteiger partial charge in [-0.25, -0.2) is 0 Å². The molecule has 7 heavy (non-hydrogen) atoms. The molecule has 0 nitrogen and oxygen atoms in total. The van der Waals surface area contributed by atoms with E-state index in [1.165, 1.54) is 38.5 Å². The van der Waals surface area contributed by atoms with Gasteiger partial charge >= 0.3 is 0 Å². The van der Waals surface area contributed by atoms with Gasteiger partial charge in [-0.3, -0.25) is 0 Å². The monoisotopic (exact) mass is 124 g/mol. The predicted molar refractivity (Wildman–Crippen MR) is 33.5 cm³/mol. The van der Waals surface area contributed by atoms with Crippen molar-refractivity contribution < 1.29 is 0 Å². The van der Waals surface area contributed by atoms with Crippen LogP contribution in [-0.2, 0) is 0 Å². The Morgan fingerprint density at radius 3 is 0.714 bits per heavy atom. The molecule has 0 spiro atoms. The molecule has 1 heteroatoms. The first-order chi connectivity index (χ1) is 3.00. The molecule has 0 atom stereocenters. The molecule has 0 heterocycles. The number of hydrogen-bond donors (Lipinski definition) is 0. The summed E-state index contributed by atoms with van der Waals surface area (Å²) in [6.07, 6.45) is 9.00. The van der Waals surface area contributed by atoms with E-state index >= 15 is 0 Å². The first-order valence-electron chi connectivity index (χ1n) is 3.00. The number of hydrogen-bond acceptors (Lipinski definition) is 0. The van der Waals surface area contributed by atoms with Crippen LogP contribution in [0.15, 0.2) is 0 Å². The van der Waals surface area contributed by atoms with Gasteiger partial charge in [0, 0.05) is 37.7 Å². The molecule has 0 saturated heterocycles. The summed E-state index contributed by atoms with van der Waals surface area (Å²) in [5, 5.41) is 0. The van der Waals surface area contributed by atoms with Gasteiger partial charge in [0.25, 0.3) is 0 Å². The third-order valence-corrected chi connectivity index (χ3v) is 1.50. The van der Waals surface area contributed by atoms with Crippen LogP contribution in [0.3, 0.4) is 0 Å². The Labute approximate surface area is 75.7 Å². The summed E-state index contributed by atoms with van der Waals surface area (Å²) in [4.78, 5) is 0. The van der Waals surface area contributed by atoms with E-state index in [1.807, 2.05) is 0 Å². The Balaban J connectivity index is 0.000000360. The average Bonchev–Trinajstić information content (AvgIpc) is 1.72. The standard InChI is InChI=1S/C6H12.Ca/c1-2-4-6-5-3-1;/h1-6H2;. The van der Waals surface area contributed by atoms with Crippen LogP contribution in [0.1, 0.15) is 38.5 Å². The first-order valence-corrected chi connectivity index (χ1v) is 3.00. The molecule has 1 fully saturated rings. The summed E-state index contributed by atoms with van der Waals surface area (Å²) < 4.78 is 0. The molecule has 2 radical (unpaired) electrons. The van der Waals surface area contributed by atoms with Crippen molar-refractivity contribution in [2.45, 2.75) is 38.5 Å². The third-order valence-electron chi connectivity index (χ3n) is 1.50. The molecule has 0 aromatic rings. The molecule has 0 aliphatic heterocycles. The van der Waals surface area contributed by atoms with E-state index in [0.717, 1.165) is 0 Å². The van der Waals surface area contributed by atoms with Crippen LogP contribution in [0.4, 0.5) is 0 Å². The molecule has 1 aliphatic rings. The van der Waals surface area contributed by atoms with E-state index in [9.17, 15) is 0 Å². The van der Waals surface area contributed by atoms with Gasteiger partial charge in [0.2, 0.25) is 0 Å². The van der Waals surface area contributed by atoms with Crippen LogP contribution in [-0.4, -0.2) is 37.7 Å². The van der Waals surface area contributed by atoms with E-state index in [-0.39, 0.29) is 37.7 Å². The van der Waals surface area contributed by atoms with Crippen LogP contribution >= 0.6 is 0 Å². The van der Waals surface area contributed by atoms with Crippen LogP contribution in [0.2, 0.25) is 0 Å². The van der Waals surface area contributed by atoms with E-state index < -0.39 is 0 Å². The fraction of sp³-hybridized carbons (Fsp3) is 1.00. The zero-order valence-electron chi connectivity index (χ0n) is 4.95. The summed E-state index contributed by atoms with van der Waals surface area (Å²) in [6.45, 7) is 0. The Bertz CT molecular complexity index is 19.7. The van der Waals surface area contributed by atoms with Gasteiger partial charge < -0.3 is 0 Å². The average molecular weight is 124 g/mol. The molecule has 0 aromatic carbocycles. The summed E-state index contributed by atoms with van der Waals surface area (Å²) >= 11 is 0. The maximum Gasteiger partial charge on any atom is 0 e. The van der Waals surface area contributed by atoms with Crippen LogP contribution < -0.4 is 0 Å². The molecule has 0 aromatic heterocycles. The second-order valence-corrected chi connectivity index (χ2v) is 2.12. The van der Waals surface area contributed by atoms with Crippen molar-refractivity contribution in [3.05, 3.63) is 0 Å². The van der Waals surface area contributed by atoms with Gasteiger partial charge in [0.1, 0.15) is 0 Å². The van der Waals surface area contributed by atoms with E-state index in [2.05, 4.69) is 0 Å². The van der Waals surface area contributed by atoms with Crippen molar-refractivity contribution in [3.63, 3.8) is 0 Å². The quantitative estimate of drug-likeness (QED) is 0.433. The van der Waals surface area contributed by atoms with Crippen molar-refractivity contribution in [1.29, 1.82) is 0 Å². The second-order valence-electron chi connectivity index (χ2n) is 2.12. The van der Waals surface area contributed by atoms with Crippen molar-refractivity contribution in [1.82, 2.24) is 0 Å². The smallest absolute Gasteiger partial charge is 0 e. The van der Waals surface area contributed by atoms with Crippen molar-refractivity contribution in [3.8, 4) is 0 Å². The van der Waals surface area contributed by atoms with Crippen molar-refractivity contribution in [2.24, 2.45) is 0 Å². The maximum absolute atomic E-state index is 1.50. The van der Waals surface area contributed by atoms with Crippen LogP contribution in [0.25, 0.3) is 0 Å². The van der Waals surface area contributed by atoms with Gasteiger partial charge in [0.05, 0.1) is 0 Å². The Kier molecular flexibility index (Phi) is 6.37. The normalized spacial score (nSPS) is 20.6. The summed E-state index contributed by atoms with van der Waals surface area (Å²) in [6, 6.07) is 0. The minimum atomic E-state index is 0. The van der Waals surface area contributed by atoms with Gasteiger partial charge in [-0.2, -0.15) is 0 Å². The van der Waals surface area contributed by atoms with Crippen LogP contribution in [0.5, 0.6) is 0 Å². The predicted octanol–water partition coefficient (Wildman–Crippen LogP) is 1.96. The molecule has 0 amide bonds. The van der Waals surface area contributed by atoms with Crippen molar-refractivity contribution >= 4 is 37.7 Å². The Morgan fingerprint density at radius 1 is 0.429 bits per heavy atom. The van der Waals surface area contributed by atoms with Crippen LogP contribution in [0, 0.1) is 0 Å². The van der Waals surface area contributed by atoms with Gasteiger partial charge in [-0.1, -0.05) is 38.5 Å². The molecular formula is C6H12Ca. The topological polar surface area (TPSA) is 0 Å². The van der Waals surface area contributed by atoms with Gasteiger partial charge in [-0.05, 0) is 0 Å². The minimum Gasteiger partial charge on any atom is -0.0533 e. The second kappa shape index (κ2) is 5.40. The van der Waals surface area contributed by atoms with E-state index in [1.54, 1.807) is 0 Å². The summed E-state index contributed by atoms with van der Waals surface area (Å²) in [7, 11) is 0. The molecule has 0 bridgehead atoms. The largest absolute Gasteiger partial charge is 0.0533 e. The van der Waals surface area contributed by atoms with E-state index in [0.29, 0.717) is 0 Å². The molecular weight excluding hydrogens is 112 g/mol. The fourth-order valence-electron chi connectivity index (χ4n) is 1.06. The Hall–Kier alpha value is 1.26. The summed E-state index contributed by atoms with van der Waals surface area (Å²) in [5.41, 5.74) is 0. The zero-order valence-corrected chi connectivity index (χ0v) is 7.16. The Morgan fingerprint density at radius 2 is 0.571 bits per heavy atom. The van der Waals surface area contributed by atoms with Gasteiger partial charge in [-0.15, -0.1) is 0 Å². The van der Waals surface area contributed by atoms with E-state index in [4.69, 9.17) is 0 Å². The molecule has 38 valence electrons. The van der Waals surface area contributed by atoms with Crippen molar-refractivity contribution in [2.75, 3.05) is 0 Å². The fourth-order valence-corrected chi connectivity index (χ4v) is 1.06. The first kappa shape index (κ1) is 8.26. The molecule has 0 unspecified atom stereocenters. The maximum atomic E-state index is 1.50. The van der Waals surface area contributed by atoms with Gasteiger partial charge in [0.15, 0.2) is 0 Å². The third kappa shape index (κ3) is 3.81. The molecule has 1 rings (SSSR count). The number of rotatable bonds is 0. The summed E-state index contributed by atoms with van der Waals surface area (Å²) in [5.74, 6) is 0. The minimum absolute atomic E-state index is 0.